The maximum absolute atomic E-state index is 10.2. The fourth-order valence-electron chi connectivity index (χ4n) is 1.62. The van der Waals surface area contributed by atoms with Gasteiger partial charge in [0.1, 0.15) is 6.10 Å². The van der Waals surface area contributed by atoms with Crippen LogP contribution in [0.2, 0.25) is 0 Å². The predicted octanol–water partition coefficient (Wildman–Crippen LogP) is 3.24. The minimum atomic E-state index is -0.643. The Labute approximate surface area is 114 Å². The van der Waals surface area contributed by atoms with Gasteiger partial charge in [0.05, 0.1) is 11.6 Å². The Hall–Kier alpha value is -1.38. The van der Waals surface area contributed by atoms with Gasteiger partial charge in [-0.2, -0.15) is 5.26 Å². The second-order valence-corrected chi connectivity index (χ2v) is 4.82. The van der Waals surface area contributed by atoms with E-state index in [0.717, 1.165) is 14.7 Å². The number of nitrogens with zero attached hydrogens (tertiary/aromatic N) is 1. The van der Waals surface area contributed by atoms with Crippen LogP contribution in [0.4, 0.5) is 0 Å². The van der Waals surface area contributed by atoms with Gasteiger partial charge in [0, 0.05) is 3.57 Å². The van der Waals surface area contributed by atoms with E-state index in [1.165, 1.54) is 0 Å². The van der Waals surface area contributed by atoms with E-state index in [9.17, 15) is 5.11 Å². The molecule has 3 heteroatoms. The van der Waals surface area contributed by atoms with Crippen molar-refractivity contribution in [1.29, 1.82) is 5.26 Å². The van der Waals surface area contributed by atoms with E-state index in [2.05, 4.69) is 28.7 Å². The zero-order chi connectivity index (χ0) is 12.3. The zero-order valence-corrected chi connectivity index (χ0v) is 11.1. The second-order valence-electron chi connectivity index (χ2n) is 3.66. The van der Waals surface area contributed by atoms with Crippen LogP contribution in [0.25, 0.3) is 0 Å². The van der Waals surface area contributed by atoms with Crippen molar-refractivity contribution in [2.24, 2.45) is 0 Å². The molecule has 0 aliphatic heterocycles. The lowest BCUT2D eigenvalue weighted by atomic mass is 10.0. The van der Waals surface area contributed by atoms with E-state index < -0.39 is 6.10 Å². The summed E-state index contributed by atoms with van der Waals surface area (Å²) < 4.78 is 1.03. The van der Waals surface area contributed by atoms with Gasteiger partial charge in [-0.1, -0.05) is 30.3 Å². The zero-order valence-electron chi connectivity index (χ0n) is 8.97. The average Bonchev–Trinajstić information content (AvgIpc) is 2.39. The van der Waals surface area contributed by atoms with E-state index in [1.807, 2.05) is 24.3 Å². The second kappa shape index (κ2) is 5.30. The molecule has 2 nitrogen and oxygen atoms in total. The van der Waals surface area contributed by atoms with E-state index in [1.54, 1.807) is 24.3 Å². The van der Waals surface area contributed by atoms with Crippen LogP contribution in [0.1, 0.15) is 22.8 Å². The van der Waals surface area contributed by atoms with E-state index >= 15 is 0 Å². The first-order valence-corrected chi connectivity index (χ1v) is 6.23. The highest BCUT2D eigenvalue weighted by Gasteiger charge is 2.12. The Morgan fingerprint density at radius 3 is 2.29 bits per heavy atom. The van der Waals surface area contributed by atoms with Crippen LogP contribution < -0.4 is 0 Å². The Morgan fingerprint density at radius 1 is 1.06 bits per heavy atom. The summed E-state index contributed by atoms with van der Waals surface area (Å²) in [6.07, 6.45) is -0.643. The maximum atomic E-state index is 10.2. The summed E-state index contributed by atoms with van der Waals surface area (Å²) in [5, 5.41) is 19.0. The number of hydrogen-bond donors (Lipinski definition) is 1. The summed E-state index contributed by atoms with van der Waals surface area (Å²) in [6, 6.07) is 16.8. The van der Waals surface area contributed by atoms with Crippen molar-refractivity contribution in [3.63, 3.8) is 0 Å². The van der Waals surface area contributed by atoms with Crippen molar-refractivity contribution in [3.8, 4) is 6.07 Å². The van der Waals surface area contributed by atoms with Crippen molar-refractivity contribution < 1.29 is 5.11 Å². The van der Waals surface area contributed by atoms with E-state index in [0.29, 0.717) is 5.56 Å². The summed E-state index contributed by atoms with van der Waals surface area (Å²) in [5.41, 5.74) is 2.29. The van der Waals surface area contributed by atoms with Gasteiger partial charge < -0.3 is 5.11 Å². The highest BCUT2D eigenvalue weighted by atomic mass is 127. The molecule has 2 aromatic rings. The smallest absolute Gasteiger partial charge is 0.105 e. The molecule has 2 aromatic carbocycles. The molecule has 1 unspecified atom stereocenters. The number of hydrogen-bond acceptors (Lipinski definition) is 2. The molecule has 84 valence electrons. The number of aliphatic hydroxyl groups is 1. The lowest BCUT2D eigenvalue weighted by Gasteiger charge is -2.13. The molecule has 0 radical (unpaired) electrons. The predicted molar refractivity (Wildman–Crippen MR) is 74.4 cm³/mol. The Balaban J connectivity index is 2.34. The molecule has 0 bridgehead atoms. The SMILES string of the molecule is N#Cc1ccc(C(O)c2ccccc2I)cc1. The van der Waals surface area contributed by atoms with Gasteiger partial charge in [-0.25, -0.2) is 0 Å². The van der Waals surface area contributed by atoms with Gasteiger partial charge >= 0.3 is 0 Å². The molecule has 0 saturated heterocycles. The minimum Gasteiger partial charge on any atom is -0.384 e. The first kappa shape index (κ1) is 12.1. The number of aliphatic hydroxyl groups excluding tert-OH is 1. The Kier molecular flexibility index (Phi) is 3.77. The monoisotopic (exact) mass is 335 g/mol. The van der Waals surface area contributed by atoms with Gasteiger partial charge in [0.2, 0.25) is 0 Å². The Bertz CT molecular complexity index is 557. The molecule has 1 atom stereocenters. The third-order valence-electron chi connectivity index (χ3n) is 2.56. The quantitative estimate of drug-likeness (QED) is 0.857. The number of nitriles is 1. The molecule has 0 spiro atoms. The molecule has 0 aromatic heterocycles. The third kappa shape index (κ3) is 2.65. The summed E-state index contributed by atoms with van der Waals surface area (Å²) in [4.78, 5) is 0. The molecular weight excluding hydrogens is 325 g/mol. The van der Waals surface area contributed by atoms with E-state index in [-0.39, 0.29) is 0 Å². The normalized spacial score (nSPS) is 11.8. The lowest BCUT2D eigenvalue weighted by Crippen LogP contribution is -2.01. The fraction of sp³-hybridized carbons (Fsp3) is 0.0714. The van der Waals surface area contributed by atoms with E-state index in [4.69, 9.17) is 5.26 Å². The summed E-state index contributed by atoms with van der Waals surface area (Å²) >= 11 is 2.20. The molecule has 0 heterocycles. The topological polar surface area (TPSA) is 44.0 Å². The molecule has 0 fully saturated rings. The fourth-order valence-corrected chi connectivity index (χ4v) is 2.30. The van der Waals surface area contributed by atoms with Crippen molar-refractivity contribution in [2.75, 3.05) is 0 Å². The van der Waals surface area contributed by atoms with Gasteiger partial charge in [0.25, 0.3) is 0 Å². The van der Waals surface area contributed by atoms with Gasteiger partial charge in [-0.3, -0.25) is 0 Å². The van der Waals surface area contributed by atoms with Gasteiger partial charge in [-0.05, 0) is 51.9 Å². The molecule has 2 rings (SSSR count). The number of halogens is 1. The summed E-state index contributed by atoms with van der Waals surface area (Å²) in [6.45, 7) is 0. The standard InChI is InChI=1S/C14H10INO/c15-13-4-2-1-3-12(13)14(17)11-7-5-10(9-16)6-8-11/h1-8,14,17H. The largest absolute Gasteiger partial charge is 0.384 e. The van der Waals surface area contributed by atoms with Gasteiger partial charge in [0.15, 0.2) is 0 Å². The van der Waals surface area contributed by atoms with Crippen LogP contribution in [0, 0.1) is 14.9 Å². The number of rotatable bonds is 2. The average molecular weight is 335 g/mol. The molecule has 0 aliphatic rings. The minimum absolute atomic E-state index is 0.601. The first-order chi connectivity index (χ1) is 8.22. The Morgan fingerprint density at radius 2 is 1.71 bits per heavy atom. The van der Waals surface area contributed by atoms with Crippen LogP contribution in [0.5, 0.6) is 0 Å². The van der Waals surface area contributed by atoms with Crippen LogP contribution in [0.15, 0.2) is 48.5 Å². The highest BCUT2D eigenvalue weighted by molar-refractivity contribution is 14.1. The van der Waals surface area contributed by atoms with Crippen LogP contribution >= 0.6 is 22.6 Å². The number of benzene rings is 2. The molecule has 0 amide bonds. The third-order valence-corrected chi connectivity index (χ3v) is 3.54. The van der Waals surface area contributed by atoms with Crippen molar-refractivity contribution in [2.45, 2.75) is 6.10 Å². The highest BCUT2D eigenvalue weighted by Crippen LogP contribution is 2.25. The van der Waals surface area contributed by atoms with Crippen molar-refractivity contribution in [1.82, 2.24) is 0 Å². The van der Waals surface area contributed by atoms with Gasteiger partial charge in [-0.15, -0.1) is 0 Å². The molecule has 0 saturated carbocycles. The molecule has 0 aliphatic carbocycles. The van der Waals surface area contributed by atoms with Crippen molar-refractivity contribution >= 4 is 22.6 Å². The van der Waals surface area contributed by atoms with Crippen molar-refractivity contribution in [3.05, 3.63) is 68.8 Å². The van der Waals surface area contributed by atoms with Crippen LogP contribution in [-0.4, -0.2) is 5.11 Å². The molecular formula is C14H10INO. The molecule has 17 heavy (non-hydrogen) atoms. The first-order valence-electron chi connectivity index (χ1n) is 5.15. The summed E-state index contributed by atoms with van der Waals surface area (Å²) in [7, 11) is 0. The lowest BCUT2D eigenvalue weighted by molar-refractivity contribution is 0.219. The van der Waals surface area contributed by atoms with Crippen LogP contribution in [0.3, 0.4) is 0 Å². The molecule has 1 N–H and O–H groups in total. The van der Waals surface area contributed by atoms with Crippen LogP contribution in [-0.2, 0) is 0 Å². The maximum Gasteiger partial charge on any atom is 0.105 e. The summed E-state index contributed by atoms with van der Waals surface area (Å²) in [5.74, 6) is 0.